The van der Waals surface area contributed by atoms with Gasteiger partial charge in [0.2, 0.25) is 0 Å². The van der Waals surface area contributed by atoms with Gasteiger partial charge in [0.25, 0.3) is 0 Å². The van der Waals surface area contributed by atoms with Crippen molar-refractivity contribution in [2.75, 3.05) is 33.4 Å². The molecule has 0 aromatic carbocycles. The molecule has 0 amide bonds. The van der Waals surface area contributed by atoms with Crippen LogP contribution in [0.4, 0.5) is 0 Å². The van der Waals surface area contributed by atoms with Crippen molar-refractivity contribution in [3.05, 3.63) is 24.3 Å². The lowest BCUT2D eigenvalue weighted by molar-refractivity contribution is -0.161. The van der Waals surface area contributed by atoms with Crippen molar-refractivity contribution < 1.29 is 37.6 Å². The fraction of sp³-hybridized carbons (Fsp3) is 0.870. The van der Waals surface area contributed by atoms with Crippen LogP contribution in [0.15, 0.2) is 24.3 Å². The quantitative estimate of drug-likeness (QED) is 0.0268. The molecule has 0 aliphatic carbocycles. The molecular weight excluding hydrogens is 725 g/mol. The highest BCUT2D eigenvalue weighted by Crippen LogP contribution is 2.43. The lowest BCUT2D eigenvalue weighted by Crippen LogP contribution is -2.29. The maximum atomic E-state index is 12.6. The zero-order valence-electron chi connectivity index (χ0n) is 36.6. The molecule has 2 N–H and O–H groups in total. The molecule has 0 spiro atoms. The molecule has 2 unspecified atom stereocenters. The lowest BCUT2D eigenvalue weighted by atomic mass is 10.0. The molecule has 9 nitrogen and oxygen atoms in total. The second kappa shape index (κ2) is 43.1. The Morgan fingerprint density at radius 3 is 1.45 bits per heavy atom. The van der Waals surface area contributed by atoms with Gasteiger partial charge in [0.15, 0.2) is 6.10 Å². The molecule has 0 fully saturated rings. The van der Waals surface area contributed by atoms with Gasteiger partial charge in [-0.25, -0.2) is 4.57 Å². The first-order valence-electron chi connectivity index (χ1n) is 23.3. The van der Waals surface area contributed by atoms with Crippen LogP contribution in [0.3, 0.4) is 0 Å². The topological polar surface area (TPSA) is 120 Å². The molecule has 0 heterocycles. The van der Waals surface area contributed by atoms with Crippen molar-refractivity contribution in [3.63, 3.8) is 0 Å². The zero-order chi connectivity index (χ0) is 41.1. The second-order valence-corrected chi connectivity index (χ2v) is 17.0. The average molecular weight is 814 g/mol. The molecule has 0 saturated heterocycles. The number of rotatable bonds is 44. The zero-order valence-corrected chi connectivity index (χ0v) is 37.5. The normalized spacial score (nSPS) is 13.4. The molecule has 0 rings (SSSR count). The van der Waals surface area contributed by atoms with Crippen LogP contribution in [0.25, 0.3) is 0 Å². The number of phosphoric acid groups is 1. The summed E-state index contributed by atoms with van der Waals surface area (Å²) in [5.41, 5.74) is 0. The fourth-order valence-corrected chi connectivity index (χ4v) is 7.28. The number of esters is 2. The van der Waals surface area contributed by atoms with Crippen molar-refractivity contribution in [2.45, 2.75) is 225 Å². The first-order valence-corrected chi connectivity index (χ1v) is 24.8. The standard InChI is InChI=1S/C46H88NO8P/c1-4-6-8-10-12-14-16-18-20-22-24-26-28-30-32-34-36-38-45(48)52-42-44(43-54-56(50,51)53-41-40-47-3)55-46(49)39-37-35-33-31-29-27-25-23-21-19-17-15-13-11-9-7-5-2/h12,14,18,20,44,47H,4-11,13,15-17,19,21-43H2,1-3H3,(H,50,51)/b14-12-,20-18-. The first-order chi connectivity index (χ1) is 27.3. The summed E-state index contributed by atoms with van der Waals surface area (Å²) in [6.07, 6.45) is 45.0. The predicted octanol–water partition coefficient (Wildman–Crippen LogP) is 13.4. The Bertz CT molecular complexity index is 975. The predicted molar refractivity (Wildman–Crippen MR) is 234 cm³/mol. The molecule has 0 radical (unpaired) electrons. The van der Waals surface area contributed by atoms with E-state index in [4.69, 9.17) is 18.5 Å². The molecule has 330 valence electrons. The van der Waals surface area contributed by atoms with Crippen LogP contribution in [0.2, 0.25) is 0 Å². The van der Waals surface area contributed by atoms with Gasteiger partial charge < -0.3 is 19.7 Å². The maximum absolute atomic E-state index is 12.6. The van der Waals surface area contributed by atoms with Crippen LogP contribution >= 0.6 is 7.82 Å². The van der Waals surface area contributed by atoms with E-state index in [2.05, 4.69) is 43.5 Å². The minimum absolute atomic E-state index is 0.0161. The Morgan fingerprint density at radius 1 is 0.554 bits per heavy atom. The maximum Gasteiger partial charge on any atom is 0.472 e. The number of hydrogen-bond donors (Lipinski definition) is 2. The van der Waals surface area contributed by atoms with Gasteiger partial charge in [-0.05, 0) is 52.0 Å². The van der Waals surface area contributed by atoms with Gasteiger partial charge in [-0.15, -0.1) is 0 Å². The van der Waals surface area contributed by atoms with Crippen molar-refractivity contribution in [2.24, 2.45) is 0 Å². The monoisotopic (exact) mass is 814 g/mol. The van der Waals surface area contributed by atoms with E-state index in [1.807, 2.05) is 0 Å². The Balaban J connectivity index is 4.17. The molecule has 10 heteroatoms. The summed E-state index contributed by atoms with van der Waals surface area (Å²) in [5, 5.41) is 2.83. The van der Waals surface area contributed by atoms with Crippen LogP contribution in [0.5, 0.6) is 0 Å². The van der Waals surface area contributed by atoms with Crippen LogP contribution in [-0.4, -0.2) is 56.3 Å². The largest absolute Gasteiger partial charge is 0.472 e. The summed E-state index contributed by atoms with van der Waals surface area (Å²) in [7, 11) is -2.65. The third kappa shape index (κ3) is 42.1. The number of carbonyl (C=O) groups excluding carboxylic acids is 2. The Labute approximate surface area is 344 Å². The molecule has 0 aliphatic rings. The Morgan fingerprint density at radius 2 is 0.964 bits per heavy atom. The average Bonchev–Trinajstić information content (AvgIpc) is 3.18. The van der Waals surface area contributed by atoms with E-state index in [1.165, 1.54) is 135 Å². The molecule has 0 aliphatic heterocycles. The number of phosphoric ester groups is 1. The highest BCUT2D eigenvalue weighted by molar-refractivity contribution is 7.47. The number of hydrogen-bond acceptors (Lipinski definition) is 8. The smallest absolute Gasteiger partial charge is 0.462 e. The molecule has 0 saturated carbocycles. The van der Waals surface area contributed by atoms with E-state index in [0.717, 1.165) is 51.4 Å². The van der Waals surface area contributed by atoms with E-state index in [0.29, 0.717) is 13.0 Å². The third-order valence-corrected chi connectivity index (χ3v) is 11.1. The van der Waals surface area contributed by atoms with E-state index in [-0.39, 0.29) is 32.0 Å². The minimum atomic E-state index is -4.35. The molecular formula is C46H88NO8P. The van der Waals surface area contributed by atoms with Crippen molar-refractivity contribution >= 4 is 19.8 Å². The summed E-state index contributed by atoms with van der Waals surface area (Å²) in [6, 6.07) is 0. The molecule has 0 aromatic rings. The van der Waals surface area contributed by atoms with Crippen molar-refractivity contribution in [3.8, 4) is 0 Å². The SMILES string of the molecule is CCCCC/C=C\C/C=C\CCCCCCCCCC(=O)OCC(COP(=O)(O)OCCNC)OC(=O)CCCCCCCCCCCCCCCCCCC. The van der Waals surface area contributed by atoms with E-state index >= 15 is 0 Å². The van der Waals surface area contributed by atoms with Gasteiger partial charge in [0.05, 0.1) is 13.2 Å². The summed E-state index contributed by atoms with van der Waals surface area (Å²) in [5.74, 6) is -0.805. The molecule has 2 atom stereocenters. The first kappa shape index (κ1) is 54.5. The number of likely N-dealkylation sites (N-methyl/N-ethyl adjacent to an activating group) is 1. The van der Waals surface area contributed by atoms with Gasteiger partial charge in [0.1, 0.15) is 6.61 Å². The van der Waals surface area contributed by atoms with Crippen LogP contribution in [-0.2, 0) is 32.7 Å². The highest BCUT2D eigenvalue weighted by Gasteiger charge is 2.26. The number of carbonyl (C=O) groups is 2. The van der Waals surface area contributed by atoms with Crippen molar-refractivity contribution in [1.29, 1.82) is 0 Å². The van der Waals surface area contributed by atoms with Crippen LogP contribution in [0.1, 0.15) is 219 Å². The lowest BCUT2D eigenvalue weighted by Gasteiger charge is -2.20. The Kier molecular flexibility index (Phi) is 41.9. The van der Waals surface area contributed by atoms with E-state index in [1.54, 1.807) is 7.05 Å². The van der Waals surface area contributed by atoms with E-state index in [9.17, 15) is 19.0 Å². The number of unbranched alkanes of at least 4 members (excludes halogenated alkanes) is 26. The molecule has 56 heavy (non-hydrogen) atoms. The van der Waals surface area contributed by atoms with Gasteiger partial charge in [-0.2, -0.15) is 0 Å². The number of nitrogens with one attached hydrogen (secondary N) is 1. The van der Waals surface area contributed by atoms with Crippen molar-refractivity contribution in [1.82, 2.24) is 5.32 Å². The minimum Gasteiger partial charge on any atom is -0.462 e. The summed E-state index contributed by atoms with van der Waals surface area (Å²) in [4.78, 5) is 35.1. The second-order valence-electron chi connectivity index (χ2n) is 15.6. The van der Waals surface area contributed by atoms with Crippen LogP contribution in [0, 0.1) is 0 Å². The third-order valence-electron chi connectivity index (χ3n) is 10.1. The summed E-state index contributed by atoms with van der Waals surface area (Å²) < 4.78 is 33.3. The number of allylic oxidation sites excluding steroid dienone is 4. The van der Waals surface area contributed by atoms with E-state index < -0.39 is 26.5 Å². The fourth-order valence-electron chi connectivity index (χ4n) is 6.53. The van der Waals surface area contributed by atoms with Gasteiger partial charge in [-0.3, -0.25) is 18.6 Å². The van der Waals surface area contributed by atoms with Gasteiger partial charge in [-0.1, -0.05) is 186 Å². The molecule has 0 aromatic heterocycles. The number of ether oxygens (including phenoxy) is 2. The Hall–Kier alpha value is -1.51. The van der Waals surface area contributed by atoms with Crippen LogP contribution < -0.4 is 5.32 Å². The highest BCUT2D eigenvalue weighted by atomic mass is 31.2. The summed E-state index contributed by atoms with van der Waals surface area (Å²) in [6.45, 7) is 4.22. The summed E-state index contributed by atoms with van der Waals surface area (Å²) >= 11 is 0. The molecule has 0 bridgehead atoms. The van der Waals surface area contributed by atoms with Gasteiger partial charge in [0, 0.05) is 19.4 Å². The van der Waals surface area contributed by atoms with Gasteiger partial charge >= 0.3 is 19.8 Å².